The summed E-state index contributed by atoms with van der Waals surface area (Å²) in [6.45, 7) is 6.06. The van der Waals surface area contributed by atoms with E-state index in [4.69, 9.17) is 5.26 Å². The molecule has 0 saturated carbocycles. The summed E-state index contributed by atoms with van der Waals surface area (Å²) in [7, 11) is 0. The second-order valence-corrected chi connectivity index (χ2v) is 7.87. The molecule has 28 heavy (non-hydrogen) atoms. The lowest BCUT2D eigenvalue weighted by molar-refractivity contribution is -0.115. The van der Waals surface area contributed by atoms with Crippen LogP contribution in [0.2, 0.25) is 0 Å². The van der Waals surface area contributed by atoms with Crippen molar-refractivity contribution in [2.24, 2.45) is 0 Å². The quantitative estimate of drug-likeness (QED) is 0.641. The number of aromatic nitrogens is 4. The Balaban J connectivity index is 1.71. The Morgan fingerprint density at radius 1 is 1.18 bits per heavy atom. The van der Waals surface area contributed by atoms with Crippen LogP contribution in [0.1, 0.15) is 37.8 Å². The van der Waals surface area contributed by atoms with Gasteiger partial charge in [0, 0.05) is 5.69 Å². The lowest BCUT2D eigenvalue weighted by Crippen LogP contribution is -2.23. The summed E-state index contributed by atoms with van der Waals surface area (Å²) >= 11 is 1.27. The molecule has 0 unspecified atom stereocenters. The summed E-state index contributed by atoms with van der Waals surface area (Å²) in [6, 6.07) is 16.9. The van der Waals surface area contributed by atoms with E-state index in [-0.39, 0.29) is 5.91 Å². The first-order valence-corrected chi connectivity index (χ1v) is 9.72. The smallest absolute Gasteiger partial charge is 0.237 e. The third-order valence-electron chi connectivity index (χ3n) is 4.16. The van der Waals surface area contributed by atoms with E-state index in [0.29, 0.717) is 22.3 Å². The molecule has 1 aromatic heterocycles. The molecule has 3 rings (SSSR count). The van der Waals surface area contributed by atoms with Gasteiger partial charge in [-0.1, -0.05) is 43.8 Å². The number of rotatable bonds is 6. The fraction of sp³-hybridized carbons (Fsp3) is 0.250. The van der Waals surface area contributed by atoms with Gasteiger partial charge in [0.25, 0.3) is 0 Å². The molecule has 0 aliphatic rings. The number of anilines is 1. The molecule has 1 N–H and O–H groups in total. The zero-order chi connectivity index (χ0) is 20.1. The van der Waals surface area contributed by atoms with Crippen LogP contribution in [0.5, 0.6) is 0 Å². The van der Waals surface area contributed by atoms with Gasteiger partial charge in [0.2, 0.25) is 11.1 Å². The number of tetrazole rings is 1. The molecule has 3 aromatic rings. The van der Waals surface area contributed by atoms with Gasteiger partial charge < -0.3 is 5.32 Å². The van der Waals surface area contributed by atoms with Gasteiger partial charge in [-0.15, -0.1) is 5.10 Å². The van der Waals surface area contributed by atoms with Gasteiger partial charge in [-0.3, -0.25) is 4.79 Å². The Labute approximate surface area is 167 Å². The normalized spacial score (nSPS) is 11.8. The summed E-state index contributed by atoms with van der Waals surface area (Å²) in [5.74, 6) is 0.254. The summed E-state index contributed by atoms with van der Waals surface area (Å²) in [5, 5.41) is 23.7. The lowest BCUT2D eigenvalue weighted by Gasteiger charge is -2.12. The highest BCUT2D eigenvalue weighted by Gasteiger charge is 2.19. The topological polar surface area (TPSA) is 96.5 Å². The minimum Gasteiger partial charge on any atom is -0.325 e. The molecule has 1 amide bonds. The maximum Gasteiger partial charge on any atom is 0.237 e. The first-order valence-electron chi connectivity index (χ1n) is 8.84. The second kappa shape index (κ2) is 8.67. The maximum absolute atomic E-state index is 12.5. The van der Waals surface area contributed by atoms with Crippen LogP contribution in [0.3, 0.4) is 0 Å². The molecule has 0 fully saturated rings. The molecule has 142 valence electrons. The van der Waals surface area contributed by atoms with Crippen LogP contribution in [-0.4, -0.2) is 31.4 Å². The van der Waals surface area contributed by atoms with Crippen LogP contribution in [0, 0.1) is 11.3 Å². The molecule has 0 spiro atoms. The van der Waals surface area contributed by atoms with E-state index in [2.05, 4.69) is 52.9 Å². The number of hydrogen-bond acceptors (Lipinski definition) is 6. The molecule has 7 nitrogen and oxygen atoms in total. The average molecular weight is 392 g/mol. The fourth-order valence-corrected chi connectivity index (χ4v) is 3.34. The minimum atomic E-state index is -0.426. The molecule has 0 aliphatic heterocycles. The summed E-state index contributed by atoms with van der Waals surface area (Å²) in [4.78, 5) is 12.5. The zero-order valence-electron chi connectivity index (χ0n) is 15.8. The minimum absolute atomic E-state index is 0.190. The number of amides is 1. The van der Waals surface area contributed by atoms with Gasteiger partial charge in [-0.05, 0) is 59.2 Å². The van der Waals surface area contributed by atoms with E-state index >= 15 is 0 Å². The number of nitriles is 1. The molecule has 0 radical (unpaired) electrons. The molecule has 8 heteroatoms. The van der Waals surface area contributed by atoms with Crippen molar-refractivity contribution >= 4 is 23.4 Å². The molecule has 1 atom stereocenters. The van der Waals surface area contributed by atoms with Crippen LogP contribution < -0.4 is 5.32 Å². The van der Waals surface area contributed by atoms with Gasteiger partial charge in [-0.25, -0.2) is 0 Å². The SMILES string of the molecule is CC(C)c1ccc(-n2nnnc2S[C@H](C)C(=O)Nc2cccc(C#N)c2)cc1. The average Bonchev–Trinajstić information content (AvgIpc) is 3.16. The van der Waals surface area contributed by atoms with Crippen LogP contribution in [0.4, 0.5) is 5.69 Å². The van der Waals surface area contributed by atoms with E-state index in [1.807, 2.05) is 12.1 Å². The second-order valence-electron chi connectivity index (χ2n) is 6.56. The van der Waals surface area contributed by atoms with Crippen LogP contribution in [0.25, 0.3) is 5.69 Å². The van der Waals surface area contributed by atoms with Crippen LogP contribution >= 0.6 is 11.8 Å². The summed E-state index contributed by atoms with van der Waals surface area (Å²) in [6.07, 6.45) is 0. The predicted octanol–water partition coefficient (Wildman–Crippen LogP) is 3.78. The van der Waals surface area contributed by atoms with E-state index < -0.39 is 5.25 Å². The van der Waals surface area contributed by atoms with Gasteiger partial charge in [0.1, 0.15) is 0 Å². The Morgan fingerprint density at radius 3 is 2.61 bits per heavy atom. The van der Waals surface area contributed by atoms with Gasteiger partial charge >= 0.3 is 0 Å². The molecule has 0 aliphatic carbocycles. The Kier molecular flexibility index (Phi) is 6.06. The number of carbonyl (C=O) groups is 1. The summed E-state index contributed by atoms with van der Waals surface area (Å²) in [5.41, 5.74) is 3.15. The number of thioether (sulfide) groups is 1. The van der Waals surface area contributed by atoms with Gasteiger partial charge in [0.15, 0.2) is 0 Å². The monoisotopic (exact) mass is 392 g/mol. The Hall–Kier alpha value is -3.18. The first-order chi connectivity index (χ1) is 13.5. The lowest BCUT2D eigenvalue weighted by atomic mass is 10.0. The van der Waals surface area contributed by atoms with Crippen molar-refractivity contribution < 1.29 is 4.79 Å². The molecule has 1 heterocycles. The van der Waals surface area contributed by atoms with Crippen molar-refractivity contribution in [2.45, 2.75) is 37.1 Å². The maximum atomic E-state index is 12.5. The third-order valence-corrected chi connectivity index (χ3v) is 5.19. The number of benzene rings is 2. The van der Waals surface area contributed by atoms with Crippen molar-refractivity contribution in [2.75, 3.05) is 5.32 Å². The van der Waals surface area contributed by atoms with Crippen molar-refractivity contribution in [1.82, 2.24) is 20.2 Å². The number of nitrogens with one attached hydrogen (secondary N) is 1. The highest BCUT2D eigenvalue weighted by atomic mass is 32.2. The third kappa shape index (κ3) is 4.56. The van der Waals surface area contributed by atoms with Crippen molar-refractivity contribution in [3.05, 3.63) is 59.7 Å². The molecule has 0 bridgehead atoms. The van der Waals surface area contributed by atoms with Gasteiger partial charge in [0.05, 0.1) is 22.6 Å². The highest BCUT2D eigenvalue weighted by Crippen LogP contribution is 2.25. The van der Waals surface area contributed by atoms with E-state index in [1.54, 1.807) is 35.9 Å². The van der Waals surface area contributed by atoms with Gasteiger partial charge in [-0.2, -0.15) is 9.94 Å². The zero-order valence-corrected chi connectivity index (χ0v) is 16.6. The van der Waals surface area contributed by atoms with Crippen molar-refractivity contribution in [3.63, 3.8) is 0 Å². The van der Waals surface area contributed by atoms with E-state index in [0.717, 1.165) is 5.69 Å². The van der Waals surface area contributed by atoms with Crippen LogP contribution in [0.15, 0.2) is 53.7 Å². The fourth-order valence-electron chi connectivity index (χ4n) is 2.54. The highest BCUT2D eigenvalue weighted by molar-refractivity contribution is 8.00. The molecular weight excluding hydrogens is 372 g/mol. The Bertz CT molecular complexity index is 1010. The first kappa shape index (κ1) is 19.6. The standard InChI is InChI=1S/C20H20N6OS/c1-13(2)16-7-9-18(10-8-16)26-20(23-24-25-26)28-14(3)19(27)22-17-6-4-5-15(11-17)12-21/h4-11,13-14H,1-3H3,(H,22,27)/t14-/m1/s1. The molecule has 2 aromatic carbocycles. The largest absolute Gasteiger partial charge is 0.325 e. The number of carbonyl (C=O) groups excluding carboxylic acids is 1. The van der Waals surface area contributed by atoms with E-state index in [9.17, 15) is 4.79 Å². The molecule has 0 saturated heterocycles. The predicted molar refractivity (Wildman–Crippen MR) is 108 cm³/mol. The van der Waals surface area contributed by atoms with Crippen molar-refractivity contribution in [1.29, 1.82) is 5.26 Å². The van der Waals surface area contributed by atoms with E-state index in [1.165, 1.54) is 17.3 Å². The molecular formula is C20H20N6OS. The van der Waals surface area contributed by atoms with Crippen molar-refractivity contribution in [3.8, 4) is 11.8 Å². The Morgan fingerprint density at radius 2 is 1.93 bits per heavy atom. The number of hydrogen-bond donors (Lipinski definition) is 1. The summed E-state index contributed by atoms with van der Waals surface area (Å²) < 4.78 is 1.62. The number of nitrogens with zero attached hydrogens (tertiary/aromatic N) is 5. The van der Waals surface area contributed by atoms with Crippen LogP contribution in [-0.2, 0) is 4.79 Å².